The molecule has 94 valence electrons. The van der Waals surface area contributed by atoms with E-state index in [0.717, 1.165) is 4.80 Å². The van der Waals surface area contributed by atoms with Crippen LogP contribution >= 0.6 is 11.6 Å². The minimum atomic E-state index is -1.06. The molecule has 0 spiro atoms. The number of hydrogen-bond donors (Lipinski definition) is 2. The molecule has 0 radical (unpaired) electrons. The molecule has 1 aromatic rings. The third-order valence-electron chi connectivity index (χ3n) is 2.00. The number of carboxylic acids is 1. The Labute approximate surface area is 103 Å². The van der Waals surface area contributed by atoms with Gasteiger partial charge in [-0.05, 0) is 13.8 Å². The standard InChI is InChI=1S/C9H13ClN4O3/c1-9(2,5-10)8(17)12-6-3-11-14(13-6)4-7(15)16/h3H,4-5H2,1-2H3,(H,15,16)(H,12,13,17). The number of anilines is 1. The van der Waals surface area contributed by atoms with E-state index in [1.807, 2.05) is 0 Å². The van der Waals surface area contributed by atoms with Gasteiger partial charge in [-0.2, -0.15) is 9.90 Å². The number of carboxylic acid groups (broad SMARTS) is 1. The second kappa shape index (κ2) is 5.13. The van der Waals surface area contributed by atoms with Gasteiger partial charge in [0, 0.05) is 5.88 Å². The number of carbonyl (C=O) groups excluding carboxylic acids is 1. The van der Waals surface area contributed by atoms with Crippen molar-refractivity contribution in [2.45, 2.75) is 20.4 Å². The van der Waals surface area contributed by atoms with Crippen LogP contribution in [0, 0.1) is 5.41 Å². The molecular weight excluding hydrogens is 248 g/mol. The highest BCUT2D eigenvalue weighted by atomic mass is 35.5. The number of aliphatic carboxylic acids is 1. The topological polar surface area (TPSA) is 97.1 Å². The minimum Gasteiger partial charge on any atom is -0.480 e. The Hall–Kier alpha value is -1.63. The van der Waals surface area contributed by atoms with Crippen molar-refractivity contribution < 1.29 is 14.7 Å². The highest BCUT2D eigenvalue weighted by molar-refractivity contribution is 6.20. The zero-order chi connectivity index (χ0) is 13.1. The molecule has 0 bridgehead atoms. The van der Waals surface area contributed by atoms with Gasteiger partial charge >= 0.3 is 5.97 Å². The summed E-state index contributed by atoms with van der Waals surface area (Å²) in [4.78, 5) is 23.1. The summed E-state index contributed by atoms with van der Waals surface area (Å²) < 4.78 is 0. The second-order valence-corrected chi connectivity index (χ2v) is 4.39. The van der Waals surface area contributed by atoms with Crippen LogP contribution in [-0.2, 0) is 16.1 Å². The molecule has 0 atom stereocenters. The van der Waals surface area contributed by atoms with E-state index in [1.54, 1.807) is 13.8 Å². The minimum absolute atomic E-state index is 0.169. The molecule has 2 N–H and O–H groups in total. The Bertz CT molecular complexity index is 430. The Morgan fingerprint density at radius 3 is 2.76 bits per heavy atom. The van der Waals surface area contributed by atoms with Gasteiger partial charge in [-0.3, -0.25) is 9.59 Å². The number of amides is 1. The molecule has 0 aliphatic carbocycles. The van der Waals surface area contributed by atoms with E-state index in [-0.39, 0.29) is 24.1 Å². The van der Waals surface area contributed by atoms with Crippen LogP contribution in [-0.4, -0.2) is 37.9 Å². The molecular formula is C9H13ClN4O3. The lowest BCUT2D eigenvalue weighted by atomic mass is 9.95. The summed E-state index contributed by atoms with van der Waals surface area (Å²) in [5, 5.41) is 18.5. The third kappa shape index (κ3) is 3.70. The molecule has 1 rings (SSSR count). The molecule has 0 saturated heterocycles. The highest BCUT2D eigenvalue weighted by Crippen LogP contribution is 2.19. The van der Waals surface area contributed by atoms with Crippen molar-refractivity contribution in [1.82, 2.24) is 15.0 Å². The predicted molar refractivity (Wildman–Crippen MR) is 60.8 cm³/mol. The molecule has 0 aromatic carbocycles. The summed E-state index contributed by atoms with van der Waals surface area (Å²) >= 11 is 5.65. The van der Waals surface area contributed by atoms with Crippen LogP contribution < -0.4 is 5.32 Å². The van der Waals surface area contributed by atoms with Gasteiger partial charge in [-0.1, -0.05) is 0 Å². The van der Waals surface area contributed by atoms with Crippen LogP contribution in [0.5, 0.6) is 0 Å². The van der Waals surface area contributed by atoms with Crippen LogP contribution in [0.1, 0.15) is 13.8 Å². The monoisotopic (exact) mass is 260 g/mol. The zero-order valence-electron chi connectivity index (χ0n) is 9.47. The molecule has 0 saturated carbocycles. The van der Waals surface area contributed by atoms with Gasteiger partial charge in [0.25, 0.3) is 0 Å². The van der Waals surface area contributed by atoms with E-state index in [1.165, 1.54) is 6.20 Å². The van der Waals surface area contributed by atoms with E-state index < -0.39 is 11.4 Å². The first-order valence-electron chi connectivity index (χ1n) is 4.84. The van der Waals surface area contributed by atoms with E-state index in [4.69, 9.17) is 16.7 Å². The Kier molecular flexibility index (Phi) is 4.06. The van der Waals surface area contributed by atoms with Crippen LogP contribution in [0.15, 0.2) is 6.20 Å². The molecule has 0 aliphatic rings. The molecule has 17 heavy (non-hydrogen) atoms. The number of alkyl halides is 1. The number of nitrogens with zero attached hydrogens (tertiary/aromatic N) is 3. The largest absolute Gasteiger partial charge is 0.480 e. The number of halogens is 1. The number of carbonyl (C=O) groups is 2. The van der Waals surface area contributed by atoms with E-state index >= 15 is 0 Å². The van der Waals surface area contributed by atoms with Gasteiger partial charge in [-0.15, -0.1) is 16.7 Å². The fraction of sp³-hybridized carbons (Fsp3) is 0.556. The van der Waals surface area contributed by atoms with Crippen molar-refractivity contribution in [3.05, 3.63) is 6.20 Å². The predicted octanol–water partition coefficient (Wildman–Crippen LogP) is 0.566. The lowest BCUT2D eigenvalue weighted by molar-refractivity contribution is -0.138. The molecule has 7 nitrogen and oxygen atoms in total. The summed E-state index contributed by atoms with van der Waals surface area (Å²) in [7, 11) is 0. The van der Waals surface area contributed by atoms with Crippen molar-refractivity contribution >= 4 is 29.3 Å². The van der Waals surface area contributed by atoms with Crippen LogP contribution in [0.2, 0.25) is 0 Å². The Morgan fingerprint density at radius 2 is 2.24 bits per heavy atom. The van der Waals surface area contributed by atoms with E-state index in [9.17, 15) is 9.59 Å². The van der Waals surface area contributed by atoms with Crippen molar-refractivity contribution in [3.63, 3.8) is 0 Å². The number of hydrogen-bond acceptors (Lipinski definition) is 4. The summed E-state index contributed by atoms with van der Waals surface area (Å²) in [6.07, 6.45) is 1.28. The fourth-order valence-electron chi connectivity index (χ4n) is 0.898. The molecule has 8 heteroatoms. The van der Waals surface area contributed by atoms with E-state index in [2.05, 4.69) is 15.5 Å². The summed E-state index contributed by atoms with van der Waals surface area (Å²) in [6, 6.07) is 0. The van der Waals surface area contributed by atoms with Gasteiger partial charge in [-0.25, -0.2) is 0 Å². The fourth-order valence-corrected chi connectivity index (χ4v) is 1.02. The summed E-state index contributed by atoms with van der Waals surface area (Å²) in [5.41, 5.74) is -0.724. The van der Waals surface area contributed by atoms with Crippen LogP contribution in [0.3, 0.4) is 0 Å². The lowest BCUT2D eigenvalue weighted by Crippen LogP contribution is -2.32. The number of aromatic nitrogens is 3. The average Bonchev–Trinajstić information content (AvgIpc) is 2.64. The Balaban J connectivity index is 2.67. The van der Waals surface area contributed by atoms with Gasteiger partial charge in [0.05, 0.1) is 11.6 Å². The van der Waals surface area contributed by atoms with Crippen molar-refractivity contribution in [2.24, 2.45) is 5.41 Å². The van der Waals surface area contributed by atoms with Gasteiger partial charge < -0.3 is 10.4 Å². The SMILES string of the molecule is CC(C)(CCl)C(=O)Nc1cnn(CC(=O)O)n1. The molecule has 0 fully saturated rings. The molecule has 1 aromatic heterocycles. The van der Waals surface area contributed by atoms with Gasteiger partial charge in [0.15, 0.2) is 12.4 Å². The zero-order valence-corrected chi connectivity index (χ0v) is 10.2. The number of nitrogens with one attached hydrogen (secondary N) is 1. The van der Waals surface area contributed by atoms with Crippen molar-refractivity contribution in [3.8, 4) is 0 Å². The second-order valence-electron chi connectivity index (χ2n) is 4.13. The quantitative estimate of drug-likeness (QED) is 0.754. The van der Waals surface area contributed by atoms with Crippen LogP contribution in [0.25, 0.3) is 0 Å². The highest BCUT2D eigenvalue weighted by Gasteiger charge is 2.27. The van der Waals surface area contributed by atoms with Crippen LogP contribution in [0.4, 0.5) is 5.82 Å². The maximum absolute atomic E-state index is 11.7. The van der Waals surface area contributed by atoms with E-state index in [0.29, 0.717) is 0 Å². The first-order valence-corrected chi connectivity index (χ1v) is 5.38. The maximum Gasteiger partial charge on any atom is 0.327 e. The first kappa shape index (κ1) is 13.4. The maximum atomic E-state index is 11.7. The Morgan fingerprint density at radius 1 is 1.59 bits per heavy atom. The number of rotatable bonds is 5. The first-order chi connectivity index (χ1) is 7.85. The third-order valence-corrected chi connectivity index (χ3v) is 2.67. The molecule has 1 amide bonds. The summed E-state index contributed by atoms with van der Waals surface area (Å²) in [5.74, 6) is -0.980. The normalized spacial score (nSPS) is 11.2. The molecule has 0 aliphatic heterocycles. The smallest absolute Gasteiger partial charge is 0.327 e. The molecule has 1 heterocycles. The van der Waals surface area contributed by atoms with Crippen molar-refractivity contribution in [2.75, 3.05) is 11.2 Å². The van der Waals surface area contributed by atoms with Gasteiger partial charge in [0.2, 0.25) is 5.91 Å². The molecule has 0 unspecified atom stereocenters. The van der Waals surface area contributed by atoms with Gasteiger partial charge in [0.1, 0.15) is 0 Å². The lowest BCUT2D eigenvalue weighted by Gasteiger charge is -2.18. The van der Waals surface area contributed by atoms with Crippen molar-refractivity contribution in [1.29, 1.82) is 0 Å². The summed E-state index contributed by atoms with van der Waals surface area (Å²) in [6.45, 7) is 3.03. The average molecular weight is 261 g/mol.